The topological polar surface area (TPSA) is 0 Å². The summed E-state index contributed by atoms with van der Waals surface area (Å²) in [7, 11) is 7.54. The van der Waals surface area contributed by atoms with Gasteiger partial charge < -0.3 is 0 Å². The van der Waals surface area contributed by atoms with Crippen molar-refractivity contribution in [2.45, 2.75) is 6.32 Å². The van der Waals surface area contributed by atoms with E-state index in [0.29, 0.717) is 0 Å². The van der Waals surface area contributed by atoms with E-state index in [2.05, 4.69) is 9.24 Å². The maximum absolute atomic E-state index is 5.01. The first-order valence-corrected chi connectivity index (χ1v) is 2.13. The molecule has 1 unspecified atom stereocenters. The van der Waals surface area contributed by atoms with Gasteiger partial charge in [0.2, 0.25) is 0 Å². The summed E-state index contributed by atoms with van der Waals surface area (Å²) in [6, 6.07) is 0. The summed E-state index contributed by atoms with van der Waals surface area (Å²) < 4.78 is 0. The first-order valence-electron chi connectivity index (χ1n) is 1.32. The molecule has 0 heterocycles. The Balaban J connectivity index is 1.97. The largest absolute Gasteiger partial charge is 0.138 e. The van der Waals surface area contributed by atoms with E-state index in [1.807, 2.05) is 0 Å². The minimum Gasteiger partial charge on any atom is -0.138 e. The Labute approximate surface area is 30.6 Å². The fourth-order valence-corrected chi connectivity index (χ4v) is 0. The molecule has 0 aliphatic carbocycles. The second-order valence-electron chi connectivity index (χ2n) is 0.577. The highest BCUT2D eigenvalue weighted by Crippen LogP contribution is 1.78. The zero-order valence-electron chi connectivity index (χ0n) is 2.57. The number of rotatable bonds is 1. The van der Waals surface area contributed by atoms with E-state index in [1.54, 1.807) is 0 Å². The molecule has 0 amide bonds. The van der Waals surface area contributed by atoms with Crippen LogP contribution in [0.25, 0.3) is 0 Å². The van der Waals surface area contributed by atoms with Gasteiger partial charge in [-0.05, 0) is 6.16 Å². The molecular weight excluding hydrogens is 65.8 g/mol. The van der Waals surface area contributed by atoms with E-state index in [4.69, 9.17) is 7.85 Å². The lowest BCUT2D eigenvalue weighted by Crippen LogP contribution is -1.60. The van der Waals surface area contributed by atoms with Crippen molar-refractivity contribution >= 4 is 17.1 Å². The monoisotopic (exact) mass is 72.0 g/mol. The molecule has 0 N–H and O–H groups in total. The van der Waals surface area contributed by atoms with Crippen LogP contribution in [0.4, 0.5) is 0 Å². The summed E-state index contributed by atoms with van der Waals surface area (Å²) in [4.78, 5) is 0. The molecule has 0 aromatic heterocycles. The Morgan fingerprint density at radius 1 is 1.75 bits per heavy atom. The van der Waals surface area contributed by atoms with Crippen LogP contribution in [0.2, 0.25) is 6.32 Å². The molecule has 0 aliphatic heterocycles. The fraction of sp³-hybridized carbons (Fsp3) is 1.00. The number of hydrogen-bond donors (Lipinski definition) is 0. The third-order valence-electron chi connectivity index (χ3n) is 0.167. The molecule has 0 saturated heterocycles. The van der Waals surface area contributed by atoms with Gasteiger partial charge in [-0.3, -0.25) is 0 Å². The number of hydrogen-bond acceptors (Lipinski definition) is 0. The molecule has 0 spiro atoms. The van der Waals surface area contributed by atoms with Crippen molar-refractivity contribution in [1.82, 2.24) is 0 Å². The molecular formula is C2H6BP. The smallest absolute Gasteiger partial charge is 0.0657 e. The Kier molecular flexibility index (Phi) is 3.93. The van der Waals surface area contributed by atoms with Crippen LogP contribution in [0.15, 0.2) is 0 Å². The van der Waals surface area contributed by atoms with Crippen LogP contribution in [0, 0.1) is 0 Å². The molecule has 0 rings (SSSR count). The maximum Gasteiger partial charge on any atom is 0.0657 e. The van der Waals surface area contributed by atoms with Crippen molar-refractivity contribution in [2.75, 3.05) is 6.16 Å². The van der Waals surface area contributed by atoms with Gasteiger partial charge in [0.1, 0.15) is 0 Å². The second kappa shape index (κ2) is 3.49. The molecule has 0 aliphatic rings. The van der Waals surface area contributed by atoms with E-state index in [-0.39, 0.29) is 0 Å². The van der Waals surface area contributed by atoms with E-state index in [0.717, 1.165) is 12.5 Å². The zero-order chi connectivity index (χ0) is 3.41. The molecule has 0 saturated carbocycles. The molecule has 0 bridgehead atoms. The van der Waals surface area contributed by atoms with Gasteiger partial charge >= 0.3 is 0 Å². The second-order valence-corrected chi connectivity index (χ2v) is 1.15. The van der Waals surface area contributed by atoms with Crippen LogP contribution in [-0.4, -0.2) is 14.0 Å². The molecule has 0 aromatic rings. The first-order chi connectivity index (χ1) is 1.91. The predicted molar refractivity (Wildman–Crippen MR) is 25.1 cm³/mol. The lowest BCUT2D eigenvalue weighted by molar-refractivity contribution is 1.51. The van der Waals surface area contributed by atoms with Gasteiger partial charge in [-0.1, -0.05) is 6.32 Å². The molecule has 0 nitrogen and oxygen atoms in total. The van der Waals surface area contributed by atoms with Crippen molar-refractivity contribution in [3.63, 3.8) is 0 Å². The maximum atomic E-state index is 5.01. The van der Waals surface area contributed by atoms with Crippen molar-refractivity contribution in [2.24, 2.45) is 0 Å². The first kappa shape index (κ1) is 4.49. The summed E-state index contributed by atoms with van der Waals surface area (Å²) in [5.74, 6) is 0. The summed E-state index contributed by atoms with van der Waals surface area (Å²) in [6.45, 7) is 0. The Morgan fingerprint density at radius 2 is 2.00 bits per heavy atom. The Bertz CT molecular complexity index is 8.00. The van der Waals surface area contributed by atoms with E-state index in [1.165, 1.54) is 0 Å². The third kappa shape index (κ3) is 2.49. The van der Waals surface area contributed by atoms with Gasteiger partial charge in [0.15, 0.2) is 0 Å². The standard InChI is InChI=1S/C2H6BP/c3-1-2-4/h1-2,4H2. The highest BCUT2D eigenvalue weighted by Gasteiger charge is 1.56. The van der Waals surface area contributed by atoms with Gasteiger partial charge in [0.25, 0.3) is 0 Å². The van der Waals surface area contributed by atoms with Crippen LogP contribution in [0.3, 0.4) is 0 Å². The van der Waals surface area contributed by atoms with E-state index >= 15 is 0 Å². The summed E-state index contributed by atoms with van der Waals surface area (Å²) in [5, 5.41) is 0. The quantitative estimate of drug-likeness (QED) is 0.311. The van der Waals surface area contributed by atoms with Crippen molar-refractivity contribution in [3.05, 3.63) is 0 Å². The zero-order valence-corrected chi connectivity index (χ0v) is 3.72. The molecule has 22 valence electrons. The highest BCUT2D eigenvalue weighted by molar-refractivity contribution is 7.16. The molecule has 1 atom stereocenters. The van der Waals surface area contributed by atoms with Gasteiger partial charge in [-0.2, -0.15) is 0 Å². The van der Waals surface area contributed by atoms with Crippen LogP contribution >= 0.6 is 9.24 Å². The average Bonchev–Trinajstić information content (AvgIpc) is 1.37. The molecule has 4 heavy (non-hydrogen) atoms. The average molecular weight is 71.9 g/mol. The van der Waals surface area contributed by atoms with Crippen molar-refractivity contribution in [3.8, 4) is 0 Å². The van der Waals surface area contributed by atoms with Crippen LogP contribution in [-0.2, 0) is 0 Å². The van der Waals surface area contributed by atoms with Crippen LogP contribution in [0.5, 0.6) is 0 Å². The minimum absolute atomic E-state index is 0.782. The Morgan fingerprint density at radius 3 is 2.00 bits per heavy atom. The summed E-state index contributed by atoms with van der Waals surface area (Å²) in [6.07, 6.45) is 1.80. The lowest BCUT2D eigenvalue weighted by Gasteiger charge is -1.68. The van der Waals surface area contributed by atoms with Crippen LogP contribution in [0.1, 0.15) is 0 Å². The van der Waals surface area contributed by atoms with Gasteiger partial charge in [0, 0.05) is 0 Å². The van der Waals surface area contributed by atoms with Gasteiger partial charge in [0.05, 0.1) is 7.85 Å². The predicted octanol–water partition coefficient (Wildman–Crippen LogP) is 0.448. The molecule has 0 fully saturated rings. The minimum atomic E-state index is 0.782. The van der Waals surface area contributed by atoms with Gasteiger partial charge in [-0.25, -0.2) is 0 Å². The highest BCUT2D eigenvalue weighted by atomic mass is 31.0. The normalized spacial score (nSPS) is 7.25. The molecule has 2 radical (unpaired) electrons. The van der Waals surface area contributed by atoms with E-state index in [9.17, 15) is 0 Å². The van der Waals surface area contributed by atoms with Gasteiger partial charge in [-0.15, -0.1) is 9.24 Å². The summed E-state index contributed by atoms with van der Waals surface area (Å²) in [5.41, 5.74) is 0. The fourth-order valence-electron chi connectivity index (χ4n) is 0. The van der Waals surface area contributed by atoms with Crippen molar-refractivity contribution < 1.29 is 0 Å². The molecule has 2 heteroatoms. The van der Waals surface area contributed by atoms with E-state index < -0.39 is 0 Å². The van der Waals surface area contributed by atoms with Crippen LogP contribution < -0.4 is 0 Å². The summed E-state index contributed by atoms with van der Waals surface area (Å²) >= 11 is 0. The Hall–Kier alpha value is 0.495. The third-order valence-corrected chi connectivity index (χ3v) is 0.500. The SMILES string of the molecule is [B]CCP. The van der Waals surface area contributed by atoms with Crippen molar-refractivity contribution in [1.29, 1.82) is 0 Å². The lowest BCUT2D eigenvalue weighted by atomic mass is 10.1. The molecule has 0 aromatic carbocycles.